The average molecular weight is 261 g/mol. The quantitative estimate of drug-likeness (QED) is 0.769. The predicted molar refractivity (Wildman–Crippen MR) is 73.4 cm³/mol. The predicted octanol–water partition coefficient (Wildman–Crippen LogP) is 1.60. The van der Waals surface area contributed by atoms with Gasteiger partial charge in [0.05, 0.1) is 12.4 Å². The second-order valence-electron chi connectivity index (χ2n) is 4.22. The summed E-state index contributed by atoms with van der Waals surface area (Å²) < 4.78 is 12.8. The van der Waals surface area contributed by atoms with Crippen LogP contribution in [0.15, 0.2) is 36.7 Å². The van der Waals surface area contributed by atoms with Crippen molar-refractivity contribution in [3.05, 3.63) is 42.2 Å². The first kappa shape index (κ1) is 13.4. The number of nitrogens with one attached hydrogen (secondary N) is 1. The van der Waals surface area contributed by atoms with Crippen molar-refractivity contribution in [3.63, 3.8) is 0 Å². The van der Waals surface area contributed by atoms with Crippen molar-refractivity contribution in [1.82, 2.24) is 15.1 Å². The highest BCUT2D eigenvalue weighted by Crippen LogP contribution is 2.12. The number of ether oxygens (including phenoxy) is 2. The van der Waals surface area contributed by atoms with E-state index in [4.69, 9.17) is 9.47 Å². The normalized spacial score (nSPS) is 10.4. The zero-order valence-electron chi connectivity index (χ0n) is 11.3. The Balaban J connectivity index is 1.70. The standard InChI is InChI=1S/C14H19N3O2/c1-15-9-12-3-5-13(6-4-12)18-7-8-19-14-10-16-17(2)11-14/h3-6,10-11,15H,7-9H2,1-2H3. The minimum Gasteiger partial charge on any atom is -0.490 e. The molecule has 102 valence electrons. The summed E-state index contributed by atoms with van der Waals surface area (Å²) in [6.07, 6.45) is 3.51. The molecule has 0 saturated heterocycles. The Bertz CT molecular complexity index is 494. The highest BCUT2D eigenvalue weighted by molar-refractivity contribution is 5.27. The first-order valence-electron chi connectivity index (χ1n) is 6.26. The van der Waals surface area contributed by atoms with E-state index in [1.807, 2.05) is 44.6 Å². The molecule has 0 saturated carbocycles. The van der Waals surface area contributed by atoms with Crippen LogP contribution in [0.2, 0.25) is 0 Å². The van der Waals surface area contributed by atoms with E-state index in [1.165, 1.54) is 5.56 Å². The van der Waals surface area contributed by atoms with Gasteiger partial charge in [-0.2, -0.15) is 5.10 Å². The summed E-state index contributed by atoms with van der Waals surface area (Å²) in [5.74, 6) is 1.62. The number of hydrogen-bond donors (Lipinski definition) is 1. The summed E-state index contributed by atoms with van der Waals surface area (Å²) in [4.78, 5) is 0. The zero-order chi connectivity index (χ0) is 13.5. The van der Waals surface area contributed by atoms with Gasteiger partial charge in [-0.25, -0.2) is 0 Å². The maximum absolute atomic E-state index is 5.60. The molecule has 1 heterocycles. The molecule has 0 aliphatic rings. The molecule has 2 aromatic rings. The Hall–Kier alpha value is -2.01. The lowest BCUT2D eigenvalue weighted by atomic mass is 10.2. The fraction of sp³-hybridized carbons (Fsp3) is 0.357. The van der Waals surface area contributed by atoms with Crippen LogP contribution in [0, 0.1) is 0 Å². The van der Waals surface area contributed by atoms with E-state index >= 15 is 0 Å². The average Bonchev–Trinajstić information content (AvgIpc) is 2.83. The van der Waals surface area contributed by atoms with E-state index in [0.717, 1.165) is 18.0 Å². The summed E-state index contributed by atoms with van der Waals surface area (Å²) in [6.45, 7) is 1.88. The molecule has 1 aromatic heterocycles. The number of rotatable bonds is 7. The van der Waals surface area contributed by atoms with Crippen LogP contribution in [0.4, 0.5) is 0 Å². The van der Waals surface area contributed by atoms with Crippen LogP contribution in [-0.2, 0) is 13.6 Å². The van der Waals surface area contributed by atoms with Crippen LogP contribution in [0.25, 0.3) is 0 Å². The second-order valence-corrected chi connectivity index (χ2v) is 4.22. The van der Waals surface area contributed by atoms with Crippen LogP contribution in [-0.4, -0.2) is 30.0 Å². The molecule has 0 radical (unpaired) electrons. The van der Waals surface area contributed by atoms with Gasteiger partial charge < -0.3 is 14.8 Å². The van der Waals surface area contributed by atoms with Gasteiger partial charge in [0.2, 0.25) is 0 Å². The maximum Gasteiger partial charge on any atom is 0.157 e. The van der Waals surface area contributed by atoms with Gasteiger partial charge in [0, 0.05) is 13.6 Å². The smallest absolute Gasteiger partial charge is 0.157 e. The van der Waals surface area contributed by atoms with Crippen LogP contribution < -0.4 is 14.8 Å². The SMILES string of the molecule is CNCc1ccc(OCCOc2cnn(C)c2)cc1. The number of hydrogen-bond acceptors (Lipinski definition) is 4. The molecule has 0 bridgehead atoms. The highest BCUT2D eigenvalue weighted by Gasteiger charge is 1.98. The van der Waals surface area contributed by atoms with Crippen molar-refractivity contribution < 1.29 is 9.47 Å². The first-order valence-corrected chi connectivity index (χ1v) is 6.26. The largest absolute Gasteiger partial charge is 0.490 e. The molecule has 1 N–H and O–H groups in total. The van der Waals surface area contributed by atoms with Crippen LogP contribution >= 0.6 is 0 Å². The van der Waals surface area contributed by atoms with Crippen molar-refractivity contribution in [1.29, 1.82) is 0 Å². The Labute approximate surface area is 113 Å². The molecule has 0 aliphatic carbocycles. The molecule has 1 aromatic carbocycles. The molecule has 19 heavy (non-hydrogen) atoms. The minimum atomic E-state index is 0.504. The molecule has 2 rings (SSSR count). The fourth-order valence-electron chi connectivity index (χ4n) is 1.70. The number of aryl methyl sites for hydroxylation is 1. The Morgan fingerprint density at radius 1 is 1.11 bits per heavy atom. The molecule has 0 atom stereocenters. The van der Waals surface area contributed by atoms with Crippen molar-refractivity contribution in [2.45, 2.75) is 6.54 Å². The van der Waals surface area contributed by atoms with Crippen LogP contribution in [0.1, 0.15) is 5.56 Å². The van der Waals surface area contributed by atoms with Crippen molar-refractivity contribution in [2.75, 3.05) is 20.3 Å². The summed E-state index contributed by atoms with van der Waals surface area (Å²) in [5, 5.41) is 7.13. The second kappa shape index (κ2) is 6.80. The van der Waals surface area contributed by atoms with Crippen LogP contribution in [0.5, 0.6) is 11.5 Å². The molecule has 5 nitrogen and oxygen atoms in total. The molecule has 0 aliphatic heterocycles. The van der Waals surface area contributed by atoms with Gasteiger partial charge in [0.15, 0.2) is 5.75 Å². The summed E-state index contributed by atoms with van der Waals surface area (Å²) in [6, 6.07) is 8.04. The molecular formula is C14H19N3O2. The number of nitrogens with zero attached hydrogens (tertiary/aromatic N) is 2. The molecule has 0 amide bonds. The fourth-order valence-corrected chi connectivity index (χ4v) is 1.70. The van der Waals surface area contributed by atoms with E-state index in [9.17, 15) is 0 Å². The van der Waals surface area contributed by atoms with Crippen LogP contribution in [0.3, 0.4) is 0 Å². The number of aromatic nitrogens is 2. The van der Waals surface area contributed by atoms with Crippen molar-refractivity contribution >= 4 is 0 Å². The van der Waals surface area contributed by atoms with Gasteiger partial charge in [0.25, 0.3) is 0 Å². The van der Waals surface area contributed by atoms with Gasteiger partial charge in [-0.3, -0.25) is 4.68 Å². The van der Waals surface area contributed by atoms with E-state index in [1.54, 1.807) is 10.9 Å². The van der Waals surface area contributed by atoms with E-state index < -0.39 is 0 Å². The molecule has 0 unspecified atom stereocenters. The van der Waals surface area contributed by atoms with Gasteiger partial charge in [0.1, 0.15) is 19.0 Å². The third-order valence-corrected chi connectivity index (χ3v) is 2.61. The molecule has 0 spiro atoms. The molecule has 0 fully saturated rings. The molecular weight excluding hydrogens is 242 g/mol. The Morgan fingerprint density at radius 2 is 1.79 bits per heavy atom. The monoisotopic (exact) mass is 261 g/mol. The lowest BCUT2D eigenvalue weighted by Gasteiger charge is -2.07. The van der Waals surface area contributed by atoms with Gasteiger partial charge in [-0.1, -0.05) is 12.1 Å². The van der Waals surface area contributed by atoms with Gasteiger partial charge in [-0.05, 0) is 24.7 Å². The minimum absolute atomic E-state index is 0.504. The van der Waals surface area contributed by atoms with Crippen molar-refractivity contribution in [3.8, 4) is 11.5 Å². The summed E-state index contributed by atoms with van der Waals surface area (Å²) in [5.41, 5.74) is 1.24. The Kier molecular flexibility index (Phi) is 4.80. The lowest BCUT2D eigenvalue weighted by molar-refractivity contribution is 0.217. The number of benzene rings is 1. The van der Waals surface area contributed by atoms with Gasteiger partial charge >= 0.3 is 0 Å². The lowest BCUT2D eigenvalue weighted by Crippen LogP contribution is -2.09. The summed E-state index contributed by atoms with van der Waals surface area (Å²) >= 11 is 0. The summed E-state index contributed by atoms with van der Waals surface area (Å²) in [7, 11) is 3.79. The molecule has 5 heteroatoms. The topological polar surface area (TPSA) is 48.3 Å². The van der Waals surface area contributed by atoms with E-state index in [0.29, 0.717) is 13.2 Å². The first-order chi connectivity index (χ1) is 9.28. The third kappa shape index (κ3) is 4.30. The zero-order valence-corrected chi connectivity index (χ0v) is 11.3. The van der Waals surface area contributed by atoms with E-state index in [2.05, 4.69) is 10.4 Å². The van der Waals surface area contributed by atoms with Gasteiger partial charge in [-0.15, -0.1) is 0 Å². The van der Waals surface area contributed by atoms with E-state index in [-0.39, 0.29) is 0 Å². The Morgan fingerprint density at radius 3 is 2.37 bits per heavy atom. The highest BCUT2D eigenvalue weighted by atomic mass is 16.5. The third-order valence-electron chi connectivity index (χ3n) is 2.61. The van der Waals surface area contributed by atoms with Crippen molar-refractivity contribution in [2.24, 2.45) is 7.05 Å². The maximum atomic E-state index is 5.60.